The molecule has 2 heterocycles. The van der Waals surface area contributed by atoms with Crippen LogP contribution in [-0.4, -0.2) is 35.9 Å². The lowest BCUT2D eigenvalue weighted by atomic mass is 10.2. The molecule has 0 radical (unpaired) electrons. The van der Waals surface area contributed by atoms with E-state index in [-0.39, 0.29) is 17.9 Å². The van der Waals surface area contributed by atoms with Crippen molar-refractivity contribution >= 4 is 44.4 Å². The van der Waals surface area contributed by atoms with Crippen molar-refractivity contribution in [1.29, 1.82) is 0 Å². The average molecular weight is 403 g/mol. The van der Waals surface area contributed by atoms with Gasteiger partial charge in [-0.15, -0.1) is 11.8 Å². The molecule has 0 atom stereocenters. The first-order valence-electron chi connectivity index (χ1n) is 8.77. The van der Waals surface area contributed by atoms with Crippen molar-refractivity contribution in [2.45, 2.75) is 24.3 Å². The van der Waals surface area contributed by atoms with Gasteiger partial charge in [0.1, 0.15) is 11.9 Å². The van der Waals surface area contributed by atoms with E-state index in [1.807, 2.05) is 0 Å². The number of aromatic nitrogens is 1. The fraction of sp³-hybridized carbons (Fsp3) is 0.300. The predicted octanol–water partition coefficient (Wildman–Crippen LogP) is 4.66. The van der Waals surface area contributed by atoms with Gasteiger partial charge in [-0.25, -0.2) is 9.37 Å². The molecule has 1 fully saturated rings. The number of hydrogen-bond acceptors (Lipinski definition) is 6. The van der Waals surface area contributed by atoms with Gasteiger partial charge < -0.3 is 9.64 Å². The fourth-order valence-corrected chi connectivity index (χ4v) is 4.66. The van der Waals surface area contributed by atoms with Crippen LogP contribution in [0.5, 0.6) is 0 Å². The monoisotopic (exact) mass is 402 g/mol. The first-order chi connectivity index (χ1) is 13.1. The Balaban J connectivity index is 1.21. The molecule has 1 aromatic heterocycles. The Morgan fingerprint density at radius 2 is 2.07 bits per heavy atom. The molecule has 4 rings (SSSR count). The van der Waals surface area contributed by atoms with Crippen molar-refractivity contribution in [1.82, 2.24) is 4.98 Å². The first kappa shape index (κ1) is 18.3. The molecule has 0 unspecified atom stereocenters. The van der Waals surface area contributed by atoms with Crippen LogP contribution in [0.2, 0.25) is 0 Å². The zero-order chi connectivity index (χ0) is 18.8. The zero-order valence-electron chi connectivity index (χ0n) is 14.9. The molecule has 0 saturated carbocycles. The molecule has 7 heteroatoms. The zero-order valence-corrected chi connectivity index (χ0v) is 16.5. The number of aryl methyl sites for hydroxylation is 1. The van der Waals surface area contributed by atoms with Crippen molar-refractivity contribution < 1.29 is 13.9 Å². The molecule has 2 aromatic carbocycles. The number of benzene rings is 2. The van der Waals surface area contributed by atoms with Crippen LogP contribution in [0.1, 0.15) is 12.0 Å². The third kappa shape index (κ3) is 4.42. The lowest BCUT2D eigenvalue weighted by Crippen LogP contribution is -2.53. The summed E-state index contributed by atoms with van der Waals surface area (Å²) in [4.78, 5) is 19.7. The maximum atomic E-state index is 13.3. The highest BCUT2D eigenvalue weighted by Gasteiger charge is 2.32. The van der Waals surface area contributed by atoms with E-state index < -0.39 is 0 Å². The maximum Gasteiger partial charge on any atom is 0.307 e. The Labute approximate surface area is 165 Å². The van der Waals surface area contributed by atoms with E-state index in [0.717, 1.165) is 20.2 Å². The Hall–Kier alpha value is -2.12. The Kier molecular flexibility index (Phi) is 5.31. The number of esters is 1. The smallest absolute Gasteiger partial charge is 0.307 e. The molecule has 1 saturated heterocycles. The molecule has 0 spiro atoms. The molecule has 0 bridgehead atoms. The Morgan fingerprint density at radius 3 is 2.85 bits per heavy atom. The van der Waals surface area contributed by atoms with Crippen LogP contribution >= 0.6 is 23.1 Å². The van der Waals surface area contributed by atoms with Crippen molar-refractivity contribution in [3.8, 4) is 0 Å². The van der Waals surface area contributed by atoms with E-state index in [9.17, 15) is 9.18 Å². The summed E-state index contributed by atoms with van der Waals surface area (Å²) in [5.41, 5.74) is 2.02. The number of fused-ring (bicyclic) bond motifs is 1. The number of thioether (sulfide) groups is 1. The summed E-state index contributed by atoms with van der Waals surface area (Å²) in [7, 11) is 0. The second kappa shape index (κ2) is 7.86. The second-order valence-corrected chi connectivity index (χ2v) is 8.71. The summed E-state index contributed by atoms with van der Waals surface area (Å²) < 4.78 is 19.6. The number of thiazole rings is 1. The Bertz CT molecular complexity index is 952. The largest absolute Gasteiger partial charge is 0.459 e. The minimum Gasteiger partial charge on any atom is -0.459 e. The molecule has 0 N–H and O–H groups in total. The summed E-state index contributed by atoms with van der Waals surface area (Å²) >= 11 is 3.12. The minimum absolute atomic E-state index is 0.0920. The number of carbonyl (C=O) groups is 1. The third-order valence-corrected chi connectivity index (χ3v) is 6.44. The van der Waals surface area contributed by atoms with Crippen LogP contribution in [0.15, 0.2) is 47.4 Å². The van der Waals surface area contributed by atoms with E-state index in [2.05, 4.69) is 41.1 Å². The van der Waals surface area contributed by atoms with Crippen molar-refractivity contribution in [3.05, 3.63) is 53.8 Å². The van der Waals surface area contributed by atoms with Crippen LogP contribution < -0.4 is 4.90 Å². The predicted molar refractivity (Wildman–Crippen MR) is 108 cm³/mol. The molecular formula is C20H19FN2O2S2. The highest BCUT2D eigenvalue weighted by atomic mass is 32.2. The molecule has 1 aliphatic heterocycles. The first-order valence-corrected chi connectivity index (χ1v) is 10.6. The molecule has 27 heavy (non-hydrogen) atoms. The van der Waals surface area contributed by atoms with Gasteiger partial charge in [0.25, 0.3) is 0 Å². The highest BCUT2D eigenvalue weighted by molar-refractivity contribution is 7.99. The highest BCUT2D eigenvalue weighted by Crippen LogP contribution is 2.32. The maximum absolute atomic E-state index is 13.3. The molecule has 0 amide bonds. The number of halogens is 1. The summed E-state index contributed by atoms with van der Waals surface area (Å²) in [5, 5.41) is 0.845. The second-order valence-electron chi connectivity index (χ2n) is 6.54. The lowest BCUT2D eigenvalue weighted by molar-refractivity contribution is -0.149. The van der Waals surface area contributed by atoms with Gasteiger partial charge in [0, 0.05) is 10.6 Å². The average Bonchev–Trinajstić information content (AvgIpc) is 3.02. The van der Waals surface area contributed by atoms with Gasteiger partial charge in [-0.2, -0.15) is 0 Å². The van der Waals surface area contributed by atoms with Crippen LogP contribution in [0.3, 0.4) is 0 Å². The van der Waals surface area contributed by atoms with E-state index in [1.54, 1.807) is 17.8 Å². The van der Waals surface area contributed by atoms with E-state index in [0.29, 0.717) is 25.3 Å². The Morgan fingerprint density at radius 1 is 1.30 bits per heavy atom. The van der Waals surface area contributed by atoms with Gasteiger partial charge in [-0.3, -0.25) is 4.79 Å². The summed E-state index contributed by atoms with van der Waals surface area (Å²) in [5.74, 6) is 0.296. The molecule has 140 valence electrons. The fourth-order valence-electron chi connectivity index (χ4n) is 2.82. The summed E-state index contributed by atoms with van der Waals surface area (Å²) in [6, 6.07) is 12.9. The number of hydrogen-bond donors (Lipinski definition) is 0. The van der Waals surface area contributed by atoms with Gasteiger partial charge in [0.05, 0.1) is 29.7 Å². The molecule has 3 aromatic rings. The van der Waals surface area contributed by atoms with Crippen LogP contribution in [0, 0.1) is 12.7 Å². The van der Waals surface area contributed by atoms with Gasteiger partial charge in [0.15, 0.2) is 5.13 Å². The topological polar surface area (TPSA) is 42.4 Å². The number of nitrogens with zero attached hydrogens (tertiary/aromatic N) is 2. The van der Waals surface area contributed by atoms with Crippen LogP contribution in [0.25, 0.3) is 10.2 Å². The summed E-state index contributed by atoms with van der Waals surface area (Å²) in [6.07, 6.45) is 0.306. The number of ether oxygens (including phenoxy) is 1. The molecular weight excluding hydrogens is 383 g/mol. The van der Waals surface area contributed by atoms with Gasteiger partial charge >= 0.3 is 5.97 Å². The van der Waals surface area contributed by atoms with Crippen LogP contribution in [-0.2, 0) is 9.53 Å². The minimum atomic E-state index is -0.253. The van der Waals surface area contributed by atoms with Gasteiger partial charge in [-0.05, 0) is 37.3 Å². The third-order valence-electron chi connectivity index (χ3n) is 4.35. The molecule has 1 aliphatic rings. The molecule has 0 aliphatic carbocycles. The standard InChI is InChI=1S/C20H19FN2O2S2/c1-13-2-5-16(6-3-13)26-9-8-19(24)25-15-11-23(12-15)20-22-17-7-4-14(21)10-18(17)27-20/h2-7,10,15H,8-9,11-12H2,1H3. The lowest BCUT2D eigenvalue weighted by Gasteiger charge is -2.38. The van der Waals surface area contributed by atoms with E-state index >= 15 is 0 Å². The number of anilines is 1. The normalized spacial score (nSPS) is 14.4. The van der Waals surface area contributed by atoms with Gasteiger partial charge in [-0.1, -0.05) is 29.0 Å². The quantitative estimate of drug-likeness (QED) is 0.443. The van der Waals surface area contributed by atoms with Crippen LogP contribution in [0.4, 0.5) is 9.52 Å². The summed E-state index contributed by atoms with van der Waals surface area (Å²) in [6.45, 7) is 3.33. The van der Waals surface area contributed by atoms with Crippen molar-refractivity contribution in [3.63, 3.8) is 0 Å². The van der Waals surface area contributed by atoms with Crippen molar-refractivity contribution in [2.24, 2.45) is 0 Å². The van der Waals surface area contributed by atoms with E-state index in [4.69, 9.17) is 4.74 Å². The number of carbonyl (C=O) groups excluding carboxylic acids is 1. The number of rotatable bonds is 6. The van der Waals surface area contributed by atoms with Gasteiger partial charge in [0.2, 0.25) is 0 Å². The van der Waals surface area contributed by atoms with E-state index in [1.165, 1.54) is 29.0 Å². The molecule has 4 nitrogen and oxygen atoms in total. The SMILES string of the molecule is Cc1ccc(SCCC(=O)OC2CN(c3nc4ccc(F)cc4s3)C2)cc1. The van der Waals surface area contributed by atoms with Crippen molar-refractivity contribution in [2.75, 3.05) is 23.7 Å².